The number of nitrogens with one attached hydrogen (secondary N) is 2. The van der Waals surface area contributed by atoms with Gasteiger partial charge in [0, 0.05) is 31.6 Å². The maximum atomic E-state index is 11.3. The zero-order chi connectivity index (χ0) is 24.1. The van der Waals surface area contributed by atoms with Crippen LogP contribution in [0.1, 0.15) is 38.8 Å². The van der Waals surface area contributed by atoms with Gasteiger partial charge in [-0.05, 0) is 41.8 Å². The number of hydrogen-bond acceptors (Lipinski definition) is 7. The van der Waals surface area contributed by atoms with Crippen molar-refractivity contribution >= 4 is 41.3 Å². The van der Waals surface area contributed by atoms with Gasteiger partial charge in [-0.2, -0.15) is 0 Å². The third-order valence-electron chi connectivity index (χ3n) is 4.33. The number of carbonyl (C=O) groups excluding carboxylic acids is 1. The van der Waals surface area contributed by atoms with Crippen molar-refractivity contribution in [1.29, 1.82) is 0 Å². The van der Waals surface area contributed by atoms with E-state index in [-0.39, 0.29) is 5.56 Å². The highest BCUT2D eigenvalue weighted by atomic mass is 35.5. The molecular formula is C23H28ClN3O5. The van der Waals surface area contributed by atoms with Crippen molar-refractivity contribution in [1.82, 2.24) is 5.48 Å². The summed E-state index contributed by atoms with van der Waals surface area (Å²) in [7, 11) is 6.20. The highest BCUT2D eigenvalue weighted by molar-refractivity contribution is 6.33. The molecule has 0 bridgehead atoms. The van der Waals surface area contributed by atoms with Crippen LogP contribution in [0, 0.1) is 0 Å². The zero-order valence-corrected chi connectivity index (χ0v) is 19.5. The molecule has 32 heavy (non-hydrogen) atoms. The van der Waals surface area contributed by atoms with Gasteiger partial charge in [-0.25, -0.2) is 10.3 Å². The predicted octanol–water partition coefficient (Wildman–Crippen LogP) is 4.31. The molecule has 0 aliphatic rings. The van der Waals surface area contributed by atoms with Crippen molar-refractivity contribution in [2.75, 3.05) is 33.6 Å². The minimum Gasteiger partial charge on any atom is -0.481 e. The summed E-state index contributed by atoms with van der Waals surface area (Å²) in [6, 6.07) is 10.5. The molecule has 2 aromatic carbocycles. The van der Waals surface area contributed by atoms with Gasteiger partial charge in [-0.1, -0.05) is 30.7 Å². The van der Waals surface area contributed by atoms with E-state index in [0.29, 0.717) is 33.3 Å². The van der Waals surface area contributed by atoms with Crippen molar-refractivity contribution in [3.63, 3.8) is 0 Å². The van der Waals surface area contributed by atoms with E-state index in [2.05, 4.69) is 15.8 Å². The van der Waals surface area contributed by atoms with Gasteiger partial charge in [0.2, 0.25) is 5.88 Å². The number of aryl methyl sites for hydroxylation is 1. The first-order chi connectivity index (χ1) is 15.4. The van der Waals surface area contributed by atoms with E-state index >= 15 is 0 Å². The lowest BCUT2D eigenvalue weighted by atomic mass is 10.0. The lowest BCUT2D eigenvalue weighted by molar-refractivity contribution is 0.0655. The summed E-state index contributed by atoms with van der Waals surface area (Å²) in [5.74, 6) is -0.690. The molecule has 0 radical (unpaired) electrons. The number of carbonyl (C=O) groups is 2. The van der Waals surface area contributed by atoms with Crippen molar-refractivity contribution < 1.29 is 24.3 Å². The van der Waals surface area contributed by atoms with Crippen LogP contribution in [0.2, 0.25) is 5.02 Å². The lowest BCUT2D eigenvalue weighted by Crippen LogP contribution is -2.16. The third-order valence-corrected chi connectivity index (χ3v) is 4.66. The van der Waals surface area contributed by atoms with E-state index in [9.17, 15) is 14.7 Å². The molecule has 0 aliphatic heterocycles. The Labute approximate surface area is 192 Å². The Bertz CT molecular complexity index is 990. The number of methoxy groups -OCH3 is 1. The standard InChI is InChI=1S/C14H19N3O4.C9H9ClO/c1-15-8-11(13(20-3)17-21-4)9-5-6-12(16-2)10(7-9)14(18)19;1-2-7-3-4-8(6-11)9(10)5-7/h5-8,16-17H,1-4H3,(H,18,19);3-6H,2H2,1H3/b13-11-,15-8?;. The first-order valence-corrected chi connectivity index (χ1v) is 10.0. The topological polar surface area (TPSA) is 109 Å². The van der Waals surface area contributed by atoms with Crippen LogP contribution in [0.3, 0.4) is 0 Å². The Kier molecular flexibility index (Phi) is 11.5. The predicted molar refractivity (Wildman–Crippen MR) is 128 cm³/mol. The van der Waals surface area contributed by atoms with E-state index in [1.165, 1.54) is 14.2 Å². The van der Waals surface area contributed by atoms with Crippen molar-refractivity contribution in [3.05, 3.63) is 69.6 Å². The van der Waals surface area contributed by atoms with Crippen LogP contribution in [0.15, 0.2) is 47.3 Å². The van der Waals surface area contributed by atoms with Crippen LogP contribution in [0.25, 0.3) is 5.57 Å². The number of aldehydes is 1. The molecule has 0 aliphatic carbocycles. The van der Waals surface area contributed by atoms with Crippen LogP contribution in [-0.4, -0.2) is 51.9 Å². The van der Waals surface area contributed by atoms with Gasteiger partial charge in [-0.15, -0.1) is 0 Å². The fourth-order valence-electron chi connectivity index (χ4n) is 2.69. The quantitative estimate of drug-likeness (QED) is 0.221. The third kappa shape index (κ3) is 7.40. The van der Waals surface area contributed by atoms with E-state index in [1.54, 1.807) is 44.6 Å². The van der Waals surface area contributed by atoms with Gasteiger partial charge in [0.05, 0.1) is 30.4 Å². The zero-order valence-electron chi connectivity index (χ0n) is 18.7. The molecule has 0 saturated carbocycles. The first-order valence-electron chi connectivity index (χ1n) is 9.65. The second kappa shape index (κ2) is 13.8. The number of benzene rings is 2. The molecule has 0 heterocycles. The normalized spacial score (nSPS) is 11.2. The number of aromatic carboxylic acids is 1. The summed E-state index contributed by atoms with van der Waals surface area (Å²) in [6.45, 7) is 2.05. The molecular weight excluding hydrogens is 434 g/mol. The minimum atomic E-state index is -1.02. The van der Waals surface area contributed by atoms with Crippen molar-refractivity contribution in [2.24, 2.45) is 4.99 Å². The van der Waals surface area contributed by atoms with Gasteiger partial charge in [0.25, 0.3) is 0 Å². The summed E-state index contributed by atoms with van der Waals surface area (Å²) in [5.41, 5.74) is 6.20. The van der Waals surface area contributed by atoms with E-state index in [1.807, 2.05) is 19.1 Å². The maximum Gasteiger partial charge on any atom is 0.337 e. The van der Waals surface area contributed by atoms with Gasteiger partial charge in [0.1, 0.15) is 0 Å². The maximum absolute atomic E-state index is 11.3. The molecule has 0 atom stereocenters. The molecule has 2 rings (SSSR count). The highest BCUT2D eigenvalue weighted by Crippen LogP contribution is 2.23. The molecule has 0 amide bonds. The first kappa shape index (κ1) is 26.7. The number of allylic oxidation sites excluding steroid dienone is 1. The highest BCUT2D eigenvalue weighted by Gasteiger charge is 2.14. The van der Waals surface area contributed by atoms with Crippen LogP contribution in [0.4, 0.5) is 5.69 Å². The number of hydroxylamine groups is 1. The van der Waals surface area contributed by atoms with E-state index in [0.717, 1.165) is 18.3 Å². The van der Waals surface area contributed by atoms with Gasteiger partial charge in [-0.3, -0.25) is 14.6 Å². The average molecular weight is 462 g/mol. The lowest BCUT2D eigenvalue weighted by Gasteiger charge is -2.13. The second-order valence-electron chi connectivity index (χ2n) is 6.28. The number of nitrogens with zero attached hydrogens (tertiary/aromatic N) is 1. The number of anilines is 1. The number of aliphatic imine (C=N–C) groups is 1. The molecule has 0 spiro atoms. The molecule has 172 valence electrons. The SMILES string of the molecule is CCc1ccc(C=O)c(Cl)c1.CN=C/C(=C(\NOC)OC)c1ccc(NC)c(C(=O)O)c1. The monoisotopic (exact) mass is 461 g/mol. The second-order valence-corrected chi connectivity index (χ2v) is 6.69. The fourth-order valence-corrected chi connectivity index (χ4v) is 2.93. The smallest absolute Gasteiger partial charge is 0.337 e. The minimum absolute atomic E-state index is 0.157. The summed E-state index contributed by atoms with van der Waals surface area (Å²) in [5, 5.41) is 12.7. The molecule has 0 saturated heterocycles. The van der Waals surface area contributed by atoms with E-state index in [4.69, 9.17) is 21.2 Å². The molecule has 8 nitrogen and oxygen atoms in total. The summed E-state index contributed by atoms with van der Waals surface area (Å²) in [6.07, 6.45) is 3.27. The average Bonchev–Trinajstić information content (AvgIpc) is 2.81. The Hall–Kier alpha value is -3.36. The Morgan fingerprint density at radius 2 is 1.94 bits per heavy atom. The number of ether oxygens (including phenoxy) is 1. The van der Waals surface area contributed by atoms with Gasteiger partial charge < -0.3 is 15.2 Å². The van der Waals surface area contributed by atoms with Crippen LogP contribution < -0.4 is 10.8 Å². The molecule has 0 fully saturated rings. The molecule has 3 N–H and O–H groups in total. The molecule has 0 unspecified atom stereocenters. The number of rotatable bonds is 9. The van der Waals surface area contributed by atoms with Gasteiger partial charge >= 0.3 is 5.97 Å². The van der Waals surface area contributed by atoms with Crippen LogP contribution >= 0.6 is 11.6 Å². The summed E-state index contributed by atoms with van der Waals surface area (Å²) < 4.78 is 5.21. The Morgan fingerprint density at radius 1 is 1.22 bits per heavy atom. The number of halogens is 1. The molecule has 0 aromatic heterocycles. The Morgan fingerprint density at radius 3 is 2.41 bits per heavy atom. The number of carboxylic acid groups (broad SMARTS) is 1. The largest absolute Gasteiger partial charge is 0.481 e. The number of hydrogen-bond donors (Lipinski definition) is 3. The van der Waals surface area contributed by atoms with Crippen molar-refractivity contribution in [3.8, 4) is 0 Å². The van der Waals surface area contributed by atoms with Crippen molar-refractivity contribution in [2.45, 2.75) is 13.3 Å². The van der Waals surface area contributed by atoms with Crippen LogP contribution in [0.5, 0.6) is 0 Å². The Balaban J connectivity index is 0.000000389. The van der Waals surface area contributed by atoms with Gasteiger partial charge in [0.15, 0.2) is 6.29 Å². The van der Waals surface area contributed by atoms with E-state index < -0.39 is 5.97 Å². The van der Waals surface area contributed by atoms with Crippen LogP contribution in [-0.2, 0) is 16.0 Å². The summed E-state index contributed by atoms with van der Waals surface area (Å²) >= 11 is 5.78. The number of carboxylic acids is 1. The summed E-state index contributed by atoms with van der Waals surface area (Å²) in [4.78, 5) is 30.5. The molecule has 2 aromatic rings. The fraction of sp³-hybridized carbons (Fsp3) is 0.261. The molecule has 9 heteroatoms.